The van der Waals surface area contributed by atoms with Gasteiger partial charge in [-0.05, 0) is 38.3 Å². The Morgan fingerprint density at radius 3 is 2.59 bits per heavy atom. The molecule has 1 aliphatic carbocycles. The second kappa shape index (κ2) is 4.28. The van der Waals surface area contributed by atoms with Gasteiger partial charge in [0.25, 0.3) is 0 Å². The Morgan fingerprint density at radius 1 is 1.47 bits per heavy atom. The third kappa shape index (κ3) is 1.92. The van der Waals surface area contributed by atoms with Crippen LogP contribution in [0.1, 0.15) is 29.5 Å². The summed E-state index contributed by atoms with van der Waals surface area (Å²) in [5.74, 6) is 0.818. The van der Waals surface area contributed by atoms with E-state index in [4.69, 9.17) is 4.74 Å². The van der Waals surface area contributed by atoms with Gasteiger partial charge < -0.3 is 4.74 Å². The predicted molar refractivity (Wildman–Crippen MR) is 69.2 cm³/mol. The molecule has 0 spiro atoms. The molecule has 1 aliphatic rings. The zero-order chi connectivity index (χ0) is 12.6. The molecule has 90 valence electrons. The number of nitrogens with zero attached hydrogens (tertiary/aromatic N) is 1. The lowest BCUT2D eigenvalue weighted by Gasteiger charge is -2.18. The molecule has 4 heteroatoms. The van der Waals surface area contributed by atoms with Gasteiger partial charge in [-0.25, -0.2) is 4.79 Å². The Labute approximate surface area is 109 Å². The standard InChI is InChI=1S/C13H14BrNO2/c1-8-6-10(13(4-5-13)15-7-16)12(17-3)9(2)11(8)14/h6H,4-5H2,1-3H3. The highest BCUT2D eigenvalue weighted by atomic mass is 79.9. The van der Waals surface area contributed by atoms with Gasteiger partial charge in [0.15, 0.2) is 0 Å². The number of rotatable bonds is 3. The number of hydrogen-bond acceptors (Lipinski definition) is 3. The first-order chi connectivity index (χ1) is 8.05. The first-order valence-corrected chi connectivity index (χ1v) is 6.28. The fraction of sp³-hybridized carbons (Fsp3) is 0.462. The quantitative estimate of drug-likeness (QED) is 0.633. The maximum Gasteiger partial charge on any atom is 0.235 e. The summed E-state index contributed by atoms with van der Waals surface area (Å²) in [7, 11) is 1.65. The van der Waals surface area contributed by atoms with Crippen molar-refractivity contribution in [3.05, 3.63) is 27.2 Å². The topological polar surface area (TPSA) is 38.7 Å². The van der Waals surface area contributed by atoms with Crippen LogP contribution in [0.5, 0.6) is 5.75 Å². The molecule has 0 saturated heterocycles. The molecule has 0 radical (unpaired) electrons. The number of ether oxygens (including phenoxy) is 1. The van der Waals surface area contributed by atoms with Crippen LogP contribution in [0.2, 0.25) is 0 Å². The van der Waals surface area contributed by atoms with Crippen LogP contribution in [0.3, 0.4) is 0 Å². The molecule has 0 N–H and O–H groups in total. The zero-order valence-electron chi connectivity index (χ0n) is 10.1. The second-order valence-corrected chi connectivity index (χ2v) is 5.24. The molecule has 0 bridgehead atoms. The fourth-order valence-electron chi connectivity index (χ4n) is 2.20. The first-order valence-electron chi connectivity index (χ1n) is 5.49. The molecule has 2 rings (SSSR count). The number of aryl methyl sites for hydroxylation is 1. The highest BCUT2D eigenvalue weighted by Gasteiger charge is 2.47. The molecule has 0 unspecified atom stereocenters. The van der Waals surface area contributed by atoms with Crippen LogP contribution < -0.4 is 4.74 Å². The Bertz CT molecular complexity index is 515. The zero-order valence-corrected chi connectivity index (χ0v) is 11.7. The molecule has 0 aromatic heterocycles. The van der Waals surface area contributed by atoms with Crippen LogP contribution in [0.4, 0.5) is 0 Å². The van der Waals surface area contributed by atoms with Crippen LogP contribution in [-0.2, 0) is 10.3 Å². The van der Waals surface area contributed by atoms with E-state index in [-0.39, 0.29) is 5.54 Å². The lowest BCUT2D eigenvalue weighted by molar-refractivity contribution is 0.400. The molecule has 0 aliphatic heterocycles. The molecule has 1 aromatic rings. The largest absolute Gasteiger partial charge is 0.496 e. The average Bonchev–Trinajstić information content (AvgIpc) is 3.07. The maximum atomic E-state index is 10.5. The van der Waals surface area contributed by atoms with Gasteiger partial charge >= 0.3 is 0 Å². The van der Waals surface area contributed by atoms with Crippen molar-refractivity contribution in [3.8, 4) is 5.75 Å². The number of isocyanates is 1. The molecule has 1 fully saturated rings. The molecule has 0 atom stereocenters. The Hall–Kier alpha value is -1.12. The van der Waals surface area contributed by atoms with Crippen molar-refractivity contribution in [2.75, 3.05) is 7.11 Å². The molecule has 1 aromatic carbocycles. The van der Waals surface area contributed by atoms with E-state index in [1.807, 2.05) is 19.9 Å². The van der Waals surface area contributed by atoms with Crippen molar-refractivity contribution < 1.29 is 9.53 Å². The highest BCUT2D eigenvalue weighted by Crippen LogP contribution is 2.54. The van der Waals surface area contributed by atoms with Crippen molar-refractivity contribution in [3.63, 3.8) is 0 Å². The van der Waals surface area contributed by atoms with Crippen molar-refractivity contribution in [1.82, 2.24) is 0 Å². The van der Waals surface area contributed by atoms with Crippen molar-refractivity contribution >= 4 is 22.0 Å². The van der Waals surface area contributed by atoms with Gasteiger partial charge in [-0.1, -0.05) is 15.9 Å². The van der Waals surface area contributed by atoms with Crippen LogP contribution in [0.25, 0.3) is 0 Å². The van der Waals surface area contributed by atoms with Gasteiger partial charge in [0.05, 0.1) is 7.11 Å². The summed E-state index contributed by atoms with van der Waals surface area (Å²) in [5, 5.41) is 0. The van der Waals surface area contributed by atoms with E-state index in [2.05, 4.69) is 20.9 Å². The van der Waals surface area contributed by atoms with E-state index in [1.165, 1.54) is 0 Å². The molecule has 3 nitrogen and oxygen atoms in total. The first kappa shape index (κ1) is 12.3. The Balaban J connectivity index is 2.66. The molecule has 0 heterocycles. The lowest BCUT2D eigenvalue weighted by Crippen LogP contribution is -2.07. The minimum atomic E-state index is -0.386. The number of benzene rings is 1. The van der Waals surface area contributed by atoms with E-state index in [0.29, 0.717) is 0 Å². The van der Waals surface area contributed by atoms with E-state index in [0.717, 1.165) is 39.8 Å². The summed E-state index contributed by atoms with van der Waals surface area (Å²) in [5.41, 5.74) is 2.80. The summed E-state index contributed by atoms with van der Waals surface area (Å²) >= 11 is 3.54. The summed E-state index contributed by atoms with van der Waals surface area (Å²) in [6.45, 7) is 4.03. The number of carbonyl (C=O) groups excluding carboxylic acids is 1. The minimum absolute atomic E-state index is 0.386. The van der Waals surface area contributed by atoms with Gasteiger partial charge in [0.2, 0.25) is 6.08 Å². The van der Waals surface area contributed by atoms with E-state index >= 15 is 0 Å². The molecular formula is C13H14BrNO2. The van der Waals surface area contributed by atoms with E-state index in [9.17, 15) is 4.79 Å². The smallest absolute Gasteiger partial charge is 0.235 e. The lowest BCUT2D eigenvalue weighted by atomic mass is 9.98. The van der Waals surface area contributed by atoms with E-state index in [1.54, 1.807) is 13.2 Å². The summed E-state index contributed by atoms with van der Waals surface area (Å²) in [4.78, 5) is 14.5. The van der Waals surface area contributed by atoms with Crippen LogP contribution in [0.15, 0.2) is 15.5 Å². The van der Waals surface area contributed by atoms with Crippen LogP contribution >= 0.6 is 15.9 Å². The van der Waals surface area contributed by atoms with Crippen molar-refractivity contribution in [1.29, 1.82) is 0 Å². The normalized spacial score (nSPS) is 16.2. The Kier molecular flexibility index (Phi) is 3.11. The highest BCUT2D eigenvalue weighted by molar-refractivity contribution is 9.10. The monoisotopic (exact) mass is 295 g/mol. The van der Waals surface area contributed by atoms with Gasteiger partial charge in [0.1, 0.15) is 11.3 Å². The third-order valence-electron chi connectivity index (χ3n) is 3.31. The van der Waals surface area contributed by atoms with Gasteiger partial charge in [-0.2, -0.15) is 4.99 Å². The third-order valence-corrected chi connectivity index (χ3v) is 4.53. The molecule has 0 amide bonds. The van der Waals surface area contributed by atoms with E-state index < -0.39 is 0 Å². The average molecular weight is 296 g/mol. The van der Waals surface area contributed by atoms with Crippen LogP contribution in [-0.4, -0.2) is 13.2 Å². The fourth-order valence-corrected chi connectivity index (χ4v) is 2.49. The van der Waals surface area contributed by atoms with Gasteiger partial charge in [0, 0.05) is 15.6 Å². The summed E-state index contributed by atoms with van der Waals surface area (Å²) < 4.78 is 6.51. The van der Waals surface area contributed by atoms with Crippen molar-refractivity contribution in [2.24, 2.45) is 4.99 Å². The number of halogens is 1. The molecular weight excluding hydrogens is 282 g/mol. The summed E-state index contributed by atoms with van der Waals surface area (Å²) in [6, 6.07) is 2.05. The Morgan fingerprint density at radius 2 is 2.12 bits per heavy atom. The van der Waals surface area contributed by atoms with Gasteiger partial charge in [-0.3, -0.25) is 0 Å². The van der Waals surface area contributed by atoms with Gasteiger partial charge in [-0.15, -0.1) is 0 Å². The minimum Gasteiger partial charge on any atom is -0.496 e. The van der Waals surface area contributed by atoms with Crippen molar-refractivity contribution in [2.45, 2.75) is 32.2 Å². The number of hydrogen-bond donors (Lipinski definition) is 0. The number of methoxy groups -OCH3 is 1. The number of aliphatic imine (C=N–C) groups is 1. The molecule has 1 saturated carbocycles. The van der Waals surface area contributed by atoms with Crippen LogP contribution in [0, 0.1) is 13.8 Å². The second-order valence-electron chi connectivity index (χ2n) is 4.45. The SMILES string of the molecule is COc1c(C2(N=C=O)CC2)cc(C)c(Br)c1C. The maximum absolute atomic E-state index is 10.5. The molecule has 17 heavy (non-hydrogen) atoms. The summed E-state index contributed by atoms with van der Waals surface area (Å²) in [6.07, 6.45) is 3.46. The predicted octanol–water partition coefficient (Wildman–Crippen LogP) is 3.40.